The summed E-state index contributed by atoms with van der Waals surface area (Å²) in [5.74, 6) is -0.219. The molecule has 2 N–H and O–H groups in total. The van der Waals surface area contributed by atoms with Crippen molar-refractivity contribution >= 4 is 15.9 Å². The SMILES string of the molecule is CCN1CCN(C(CN)c2ccc(Br)c(F)c2)CC1. The van der Waals surface area contributed by atoms with Crippen LogP contribution in [0, 0.1) is 5.82 Å². The van der Waals surface area contributed by atoms with Gasteiger partial charge < -0.3 is 10.6 Å². The van der Waals surface area contributed by atoms with Crippen molar-refractivity contribution in [1.82, 2.24) is 9.80 Å². The second kappa shape index (κ2) is 6.79. The molecule has 1 aliphatic rings. The normalized spacial score (nSPS) is 19.6. The third-order valence-corrected chi connectivity index (χ3v) is 4.49. The monoisotopic (exact) mass is 329 g/mol. The van der Waals surface area contributed by atoms with Gasteiger partial charge in [0.2, 0.25) is 0 Å². The summed E-state index contributed by atoms with van der Waals surface area (Å²) in [6.07, 6.45) is 0. The molecule has 1 atom stereocenters. The second-order valence-electron chi connectivity index (χ2n) is 4.90. The maximum Gasteiger partial charge on any atom is 0.137 e. The summed E-state index contributed by atoms with van der Waals surface area (Å²) in [6, 6.07) is 5.42. The Labute approximate surface area is 122 Å². The quantitative estimate of drug-likeness (QED) is 0.919. The third kappa shape index (κ3) is 3.54. The number of rotatable bonds is 4. The van der Waals surface area contributed by atoms with E-state index >= 15 is 0 Å². The van der Waals surface area contributed by atoms with Gasteiger partial charge in [-0.1, -0.05) is 13.0 Å². The molecular formula is C14H21BrFN3. The summed E-state index contributed by atoms with van der Waals surface area (Å²) in [5, 5.41) is 0. The van der Waals surface area contributed by atoms with E-state index in [9.17, 15) is 4.39 Å². The van der Waals surface area contributed by atoms with Crippen LogP contribution in [0.5, 0.6) is 0 Å². The van der Waals surface area contributed by atoms with Gasteiger partial charge in [0.05, 0.1) is 4.47 Å². The van der Waals surface area contributed by atoms with E-state index in [2.05, 4.69) is 32.7 Å². The van der Waals surface area contributed by atoms with Crippen molar-refractivity contribution in [2.45, 2.75) is 13.0 Å². The fraction of sp³-hybridized carbons (Fsp3) is 0.571. The number of nitrogens with two attached hydrogens (primary N) is 1. The van der Waals surface area contributed by atoms with E-state index in [1.54, 1.807) is 12.1 Å². The van der Waals surface area contributed by atoms with Gasteiger partial charge in [-0.3, -0.25) is 4.90 Å². The molecule has 0 saturated carbocycles. The van der Waals surface area contributed by atoms with Gasteiger partial charge in [-0.05, 0) is 40.2 Å². The molecule has 1 fully saturated rings. The van der Waals surface area contributed by atoms with Crippen molar-refractivity contribution < 1.29 is 4.39 Å². The first-order valence-electron chi connectivity index (χ1n) is 6.77. The molecule has 0 radical (unpaired) electrons. The lowest BCUT2D eigenvalue weighted by Gasteiger charge is -2.38. The highest BCUT2D eigenvalue weighted by Crippen LogP contribution is 2.25. The topological polar surface area (TPSA) is 32.5 Å². The van der Waals surface area contributed by atoms with E-state index in [1.165, 1.54) is 0 Å². The van der Waals surface area contributed by atoms with Crippen LogP contribution in [-0.2, 0) is 0 Å². The molecule has 1 unspecified atom stereocenters. The molecule has 106 valence electrons. The van der Waals surface area contributed by atoms with Gasteiger partial charge in [0, 0.05) is 38.8 Å². The molecule has 3 nitrogen and oxygen atoms in total. The Kier molecular flexibility index (Phi) is 5.33. The average Bonchev–Trinajstić information content (AvgIpc) is 2.44. The van der Waals surface area contributed by atoms with Crippen LogP contribution in [0.15, 0.2) is 22.7 Å². The minimum absolute atomic E-state index is 0.113. The molecule has 19 heavy (non-hydrogen) atoms. The smallest absolute Gasteiger partial charge is 0.137 e. The maximum absolute atomic E-state index is 13.6. The number of likely N-dealkylation sites (N-methyl/N-ethyl adjacent to an activating group) is 1. The second-order valence-corrected chi connectivity index (χ2v) is 5.75. The van der Waals surface area contributed by atoms with Crippen LogP contribution in [-0.4, -0.2) is 49.1 Å². The van der Waals surface area contributed by atoms with E-state index in [1.807, 2.05) is 6.07 Å². The average molecular weight is 330 g/mol. The highest BCUT2D eigenvalue weighted by atomic mass is 79.9. The molecule has 1 aliphatic heterocycles. The van der Waals surface area contributed by atoms with Gasteiger partial charge in [-0.25, -0.2) is 4.39 Å². The fourth-order valence-electron chi connectivity index (χ4n) is 2.61. The number of nitrogens with zero attached hydrogens (tertiary/aromatic N) is 2. The van der Waals surface area contributed by atoms with Crippen molar-refractivity contribution in [2.75, 3.05) is 39.3 Å². The first kappa shape index (κ1) is 14.9. The molecule has 1 aromatic rings. The minimum Gasteiger partial charge on any atom is -0.329 e. The molecule has 0 spiro atoms. The Hall–Kier alpha value is -0.490. The number of halogens is 2. The third-order valence-electron chi connectivity index (χ3n) is 3.85. The van der Waals surface area contributed by atoms with E-state index in [-0.39, 0.29) is 11.9 Å². The largest absolute Gasteiger partial charge is 0.329 e. The first-order chi connectivity index (χ1) is 9.15. The van der Waals surface area contributed by atoms with E-state index in [0.717, 1.165) is 38.3 Å². The Morgan fingerprint density at radius 3 is 2.53 bits per heavy atom. The van der Waals surface area contributed by atoms with Crippen LogP contribution in [0.3, 0.4) is 0 Å². The van der Waals surface area contributed by atoms with Crippen LogP contribution >= 0.6 is 15.9 Å². The van der Waals surface area contributed by atoms with Crippen molar-refractivity contribution in [3.63, 3.8) is 0 Å². The van der Waals surface area contributed by atoms with Gasteiger partial charge in [0.1, 0.15) is 5.82 Å². The Morgan fingerprint density at radius 1 is 1.32 bits per heavy atom. The van der Waals surface area contributed by atoms with Gasteiger partial charge in [0.25, 0.3) is 0 Å². The highest BCUT2D eigenvalue weighted by molar-refractivity contribution is 9.10. The Balaban J connectivity index is 2.09. The summed E-state index contributed by atoms with van der Waals surface area (Å²) in [5.41, 5.74) is 6.87. The van der Waals surface area contributed by atoms with E-state index < -0.39 is 0 Å². The van der Waals surface area contributed by atoms with E-state index in [4.69, 9.17) is 5.73 Å². The summed E-state index contributed by atoms with van der Waals surface area (Å²) < 4.78 is 14.1. The molecule has 0 amide bonds. The van der Waals surface area contributed by atoms with Crippen LogP contribution in [0.25, 0.3) is 0 Å². The van der Waals surface area contributed by atoms with Crippen molar-refractivity contribution in [3.05, 3.63) is 34.1 Å². The lowest BCUT2D eigenvalue weighted by molar-refractivity contribution is 0.102. The zero-order valence-corrected chi connectivity index (χ0v) is 12.9. The minimum atomic E-state index is -0.219. The van der Waals surface area contributed by atoms with Crippen LogP contribution in [0.1, 0.15) is 18.5 Å². The number of hydrogen-bond donors (Lipinski definition) is 1. The summed E-state index contributed by atoms with van der Waals surface area (Å²) in [4.78, 5) is 4.78. The number of hydrogen-bond acceptors (Lipinski definition) is 3. The molecule has 2 rings (SSSR count). The van der Waals surface area contributed by atoms with Gasteiger partial charge in [-0.15, -0.1) is 0 Å². The summed E-state index contributed by atoms with van der Waals surface area (Å²) >= 11 is 3.19. The molecule has 0 bridgehead atoms. The van der Waals surface area contributed by atoms with Gasteiger partial charge in [-0.2, -0.15) is 0 Å². The maximum atomic E-state index is 13.6. The predicted molar refractivity (Wildman–Crippen MR) is 79.6 cm³/mol. The number of piperazine rings is 1. The fourth-order valence-corrected chi connectivity index (χ4v) is 2.85. The summed E-state index contributed by atoms with van der Waals surface area (Å²) in [6.45, 7) is 7.90. The van der Waals surface area contributed by atoms with Crippen LogP contribution in [0.4, 0.5) is 4.39 Å². The van der Waals surface area contributed by atoms with Gasteiger partial charge in [0.15, 0.2) is 0 Å². The van der Waals surface area contributed by atoms with E-state index in [0.29, 0.717) is 11.0 Å². The Morgan fingerprint density at radius 2 is 2.00 bits per heavy atom. The Bertz CT molecular complexity index is 419. The molecule has 5 heteroatoms. The molecule has 1 aromatic carbocycles. The summed E-state index contributed by atoms with van der Waals surface area (Å²) in [7, 11) is 0. The van der Waals surface area contributed by atoms with Gasteiger partial charge >= 0.3 is 0 Å². The van der Waals surface area contributed by atoms with Crippen molar-refractivity contribution in [1.29, 1.82) is 0 Å². The highest BCUT2D eigenvalue weighted by Gasteiger charge is 2.23. The first-order valence-corrected chi connectivity index (χ1v) is 7.56. The molecule has 1 heterocycles. The molecular weight excluding hydrogens is 309 g/mol. The number of benzene rings is 1. The molecule has 0 aromatic heterocycles. The molecule has 1 saturated heterocycles. The van der Waals surface area contributed by atoms with Crippen molar-refractivity contribution in [3.8, 4) is 0 Å². The van der Waals surface area contributed by atoms with Crippen LogP contribution in [0.2, 0.25) is 0 Å². The lowest BCUT2D eigenvalue weighted by atomic mass is 10.0. The lowest BCUT2D eigenvalue weighted by Crippen LogP contribution is -2.48. The predicted octanol–water partition coefficient (Wildman–Crippen LogP) is 2.23. The zero-order valence-electron chi connectivity index (χ0n) is 11.3. The molecule has 0 aliphatic carbocycles. The standard InChI is InChI=1S/C14H21BrFN3/c1-2-18-5-7-19(8-6-18)14(10-17)11-3-4-12(15)13(16)9-11/h3-4,9,14H,2,5-8,10,17H2,1H3. The van der Waals surface area contributed by atoms with Crippen LogP contribution < -0.4 is 5.73 Å². The zero-order chi connectivity index (χ0) is 13.8. The van der Waals surface area contributed by atoms with Crippen molar-refractivity contribution in [2.24, 2.45) is 5.73 Å².